The number of benzene rings is 1. The van der Waals surface area contributed by atoms with Crippen molar-refractivity contribution in [3.63, 3.8) is 0 Å². The predicted molar refractivity (Wildman–Crippen MR) is 72.2 cm³/mol. The number of phenolic OH excluding ortho intramolecular Hbond substituents is 1. The molecular formula is C14H21NO4. The van der Waals surface area contributed by atoms with Crippen molar-refractivity contribution in [3.05, 3.63) is 23.8 Å². The summed E-state index contributed by atoms with van der Waals surface area (Å²) in [5.74, 6) is 0.365. The first-order valence-electron chi connectivity index (χ1n) is 5.98. The van der Waals surface area contributed by atoms with Gasteiger partial charge in [0.25, 0.3) is 5.91 Å². The molecule has 0 spiro atoms. The lowest BCUT2D eigenvalue weighted by atomic mass is 10.1. The minimum Gasteiger partial charge on any atom is -0.504 e. The largest absolute Gasteiger partial charge is 0.504 e. The summed E-state index contributed by atoms with van der Waals surface area (Å²) in [5.41, 5.74) is 0.0212. The van der Waals surface area contributed by atoms with Gasteiger partial charge in [0.05, 0.1) is 7.11 Å². The molecule has 0 aliphatic carbocycles. The zero-order valence-corrected chi connectivity index (χ0v) is 12.1. The lowest BCUT2D eigenvalue weighted by Gasteiger charge is -2.28. The van der Waals surface area contributed by atoms with Gasteiger partial charge in [0.2, 0.25) is 0 Å². The fourth-order valence-electron chi connectivity index (χ4n) is 1.71. The lowest BCUT2D eigenvalue weighted by Crippen LogP contribution is -2.44. The summed E-state index contributed by atoms with van der Waals surface area (Å²) in [4.78, 5) is 13.7. The van der Waals surface area contributed by atoms with E-state index in [0.717, 1.165) is 5.56 Å². The van der Waals surface area contributed by atoms with Crippen LogP contribution in [0.25, 0.3) is 0 Å². The predicted octanol–water partition coefficient (Wildman–Crippen LogP) is 1.78. The van der Waals surface area contributed by atoms with Crippen LogP contribution in [0.4, 0.5) is 0 Å². The Kier molecular flexibility index (Phi) is 4.78. The molecule has 106 valence electrons. The van der Waals surface area contributed by atoms with Crippen LogP contribution in [-0.2, 0) is 16.1 Å². The number of aromatic hydroxyl groups is 1. The summed E-state index contributed by atoms with van der Waals surface area (Å²) in [6.07, 6.45) is 0. The number of rotatable bonds is 5. The molecule has 0 heterocycles. The van der Waals surface area contributed by atoms with E-state index in [0.29, 0.717) is 12.3 Å². The van der Waals surface area contributed by atoms with Gasteiger partial charge >= 0.3 is 0 Å². The first-order valence-corrected chi connectivity index (χ1v) is 5.98. The van der Waals surface area contributed by atoms with Gasteiger partial charge in [0, 0.05) is 20.7 Å². The molecule has 1 aromatic rings. The first-order chi connectivity index (χ1) is 8.81. The Bertz CT molecular complexity index is 457. The molecule has 5 heteroatoms. The van der Waals surface area contributed by atoms with Gasteiger partial charge in [-0.15, -0.1) is 0 Å². The maximum absolute atomic E-state index is 12.1. The topological polar surface area (TPSA) is 59.0 Å². The number of carbonyl (C=O) groups excluding carboxylic acids is 1. The molecule has 0 radical (unpaired) electrons. The SMILES string of the molecule is COc1cc(CN(C)C(=O)C(C)(C)OC)ccc1O. The average Bonchev–Trinajstić information content (AvgIpc) is 2.39. The van der Waals surface area contributed by atoms with Crippen LogP contribution in [-0.4, -0.2) is 42.8 Å². The molecule has 0 atom stereocenters. The van der Waals surface area contributed by atoms with E-state index >= 15 is 0 Å². The molecule has 0 bridgehead atoms. The highest BCUT2D eigenvalue weighted by atomic mass is 16.5. The fraction of sp³-hybridized carbons (Fsp3) is 0.500. The highest BCUT2D eigenvalue weighted by molar-refractivity contribution is 5.84. The number of nitrogens with zero attached hydrogens (tertiary/aromatic N) is 1. The number of hydrogen-bond acceptors (Lipinski definition) is 4. The summed E-state index contributed by atoms with van der Waals surface area (Å²) in [6.45, 7) is 3.87. The Labute approximate surface area is 113 Å². The van der Waals surface area contributed by atoms with Crippen LogP contribution in [0.3, 0.4) is 0 Å². The summed E-state index contributed by atoms with van der Waals surface area (Å²) in [5, 5.41) is 9.52. The van der Waals surface area contributed by atoms with Gasteiger partial charge in [-0.2, -0.15) is 0 Å². The molecule has 5 nitrogen and oxygen atoms in total. The van der Waals surface area contributed by atoms with Crippen molar-refractivity contribution >= 4 is 5.91 Å². The minimum atomic E-state index is -0.851. The first kappa shape index (κ1) is 15.3. The summed E-state index contributed by atoms with van der Waals surface area (Å²) in [6, 6.07) is 5.01. The van der Waals surface area contributed by atoms with Crippen LogP contribution < -0.4 is 4.74 Å². The van der Waals surface area contributed by atoms with Crippen molar-refractivity contribution < 1.29 is 19.4 Å². The van der Waals surface area contributed by atoms with Crippen LogP contribution >= 0.6 is 0 Å². The molecule has 0 unspecified atom stereocenters. The van der Waals surface area contributed by atoms with Crippen molar-refractivity contribution in [1.29, 1.82) is 0 Å². The Balaban J connectivity index is 2.82. The number of amides is 1. The third kappa shape index (κ3) is 3.61. The Morgan fingerprint density at radius 2 is 2.00 bits per heavy atom. The fourth-order valence-corrected chi connectivity index (χ4v) is 1.71. The second-order valence-electron chi connectivity index (χ2n) is 4.88. The maximum Gasteiger partial charge on any atom is 0.254 e. The van der Waals surface area contributed by atoms with Crippen LogP contribution in [0.15, 0.2) is 18.2 Å². The van der Waals surface area contributed by atoms with E-state index in [1.54, 1.807) is 44.0 Å². The number of methoxy groups -OCH3 is 2. The average molecular weight is 267 g/mol. The maximum atomic E-state index is 12.1. The molecular weight excluding hydrogens is 246 g/mol. The second kappa shape index (κ2) is 5.93. The molecule has 19 heavy (non-hydrogen) atoms. The van der Waals surface area contributed by atoms with Crippen molar-refractivity contribution in [2.45, 2.75) is 26.0 Å². The highest BCUT2D eigenvalue weighted by Crippen LogP contribution is 2.27. The van der Waals surface area contributed by atoms with Gasteiger partial charge < -0.3 is 19.5 Å². The van der Waals surface area contributed by atoms with Gasteiger partial charge in [-0.05, 0) is 31.5 Å². The summed E-state index contributed by atoms with van der Waals surface area (Å²) < 4.78 is 10.2. The van der Waals surface area contributed by atoms with Crippen molar-refractivity contribution in [2.75, 3.05) is 21.3 Å². The van der Waals surface area contributed by atoms with Gasteiger partial charge in [-0.25, -0.2) is 0 Å². The van der Waals surface area contributed by atoms with Gasteiger partial charge in [-0.1, -0.05) is 6.07 Å². The van der Waals surface area contributed by atoms with E-state index in [2.05, 4.69) is 0 Å². The molecule has 1 aromatic carbocycles. The Morgan fingerprint density at radius 1 is 1.37 bits per heavy atom. The van der Waals surface area contributed by atoms with Gasteiger partial charge in [0.1, 0.15) is 5.60 Å². The number of ether oxygens (including phenoxy) is 2. The monoisotopic (exact) mass is 267 g/mol. The number of phenols is 1. The molecule has 1 rings (SSSR count). The van der Waals surface area contributed by atoms with Crippen LogP contribution in [0, 0.1) is 0 Å². The third-order valence-electron chi connectivity index (χ3n) is 3.04. The van der Waals surface area contributed by atoms with Crippen molar-refractivity contribution in [2.24, 2.45) is 0 Å². The molecule has 0 aliphatic heterocycles. The van der Waals surface area contributed by atoms with Crippen LogP contribution in [0.1, 0.15) is 19.4 Å². The Hall–Kier alpha value is -1.75. The molecule has 0 aliphatic rings. The number of carbonyl (C=O) groups is 1. The zero-order chi connectivity index (χ0) is 14.6. The van der Waals surface area contributed by atoms with E-state index < -0.39 is 5.60 Å². The van der Waals surface area contributed by atoms with Crippen molar-refractivity contribution in [3.8, 4) is 11.5 Å². The van der Waals surface area contributed by atoms with E-state index in [9.17, 15) is 9.90 Å². The molecule has 1 amide bonds. The number of hydrogen-bond donors (Lipinski definition) is 1. The normalized spacial score (nSPS) is 11.2. The third-order valence-corrected chi connectivity index (χ3v) is 3.04. The molecule has 1 N–H and O–H groups in total. The lowest BCUT2D eigenvalue weighted by molar-refractivity contribution is -0.150. The van der Waals surface area contributed by atoms with Crippen LogP contribution in [0.2, 0.25) is 0 Å². The second-order valence-corrected chi connectivity index (χ2v) is 4.88. The van der Waals surface area contributed by atoms with Gasteiger partial charge in [0.15, 0.2) is 11.5 Å². The molecule has 0 fully saturated rings. The smallest absolute Gasteiger partial charge is 0.254 e. The van der Waals surface area contributed by atoms with Crippen LogP contribution in [0.5, 0.6) is 11.5 Å². The van der Waals surface area contributed by atoms with E-state index in [1.807, 2.05) is 0 Å². The van der Waals surface area contributed by atoms with E-state index in [-0.39, 0.29) is 11.7 Å². The van der Waals surface area contributed by atoms with E-state index in [1.165, 1.54) is 14.2 Å². The van der Waals surface area contributed by atoms with Crippen molar-refractivity contribution in [1.82, 2.24) is 4.90 Å². The highest BCUT2D eigenvalue weighted by Gasteiger charge is 2.30. The molecule has 0 aromatic heterocycles. The number of likely N-dealkylation sites (N-methyl/N-ethyl adjacent to an activating group) is 1. The zero-order valence-electron chi connectivity index (χ0n) is 12.1. The standard InChI is InChI=1S/C14H21NO4/c1-14(2,19-5)13(17)15(3)9-10-6-7-11(16)12(8-10)18-4/h6-8,16H,9H2,1-5H3. The Morgan fingerprint density at radius 3 is 2.53 bits per heavy atom. The summed E-state index contributed by atoms with van der Waals surface area (Å²) in [7, 11) is 4.71. The van der Waals surface area contributed by atoms with E-state index in [4.69, 9.17) is 9.47 Å². The van der Waals surface area contributed by atoms with Gasteiger partial charge in [-0.3, -0.25) is 4.79 Å². The molecule has 0 saturated carbocycles. The molecule has 0 saturated heterocycles. The summed E-state index contributed by atoms with van der Waals surface area (Å²) >= 11 is 0. The quantitative estimate of drug-likeness (QED) is 0.883. The minimum absolute atomic E-state index is 0.0810.